The maximum Gasteiger partial charge on any atom is 0.276 e. The Labute approximate surface area is 138 Å². The largest absolute Gasteiger partial charge is 0.365 e. The first-order valence-electron chi connectivity index (χ1n) is 7.39. The summed E-state index contributed by atoms with van der Waals surface area (Å²) in [6, 6.07) is 18.8. The molecule has 2 aromatic carbocycles. The topological polar surface area (TPSA) is 66.9 Å². The Hall–Kier alpha value is -3.28. The molecule has 2 N–H and O–H groups in total. The molecule has 0 unspecified atom stereocenters. The summed E-state index contributed by atoms with van der Waals surface area (Å²) < 4.78 is 13.1. The Balaban J connectivity index is 1.60. The second kappa shape index (κ2) is 7.32. The fraction of sp³-hybridized carbons (Fsp3) is 0.0556. The third-order valence-electron chi connectivity index (χ3n) is 3.30. The molecule has 1 heterocycles. The van der Waals surface area contributed by atoms with Gasteiger partial charge in [0.15, 0.2) is 5.69 Å². The first-order chi connectivity index (χ1) is 11.7. The molecule has 1 aromatic heterocycles. The molecule has 120 valence electrons. The molecule has 0 bridgehead atoms. The van der Waals surface area contributed by atoms with Crippen LogP contribution in [0.1, 0.15) is 16.1 Å². The number of halogens is 1. The first kappa shape index (κ1) is 15.6. The molecule has 0 radical (unpaired) electrons. The Morgan fingerprint density at radius 3 is 2.50 bits per heavy atom. The van der Waals surface area contributed by atoms with Crippen LogP contribution in [0.25, 0.3) is 0 Å². The SMILES string of the molecule is O=C(Nc1cccc(F)c1)c1ccc(NCc2ccccc2)nn1. The molecule has 0 aliphatic heterocycles. The van der Waals surface area contributed by atoms with E-state index in [9.17, 15) is 9.18 Å². The Morgan fingerprint density at radius 2 is 1.79 bits per heavy atom. The minimum atomic E-state index is -0.442. The average molecular weight is 322 g/mol. The van der Waals surface area contributed by atoms with Crippen molar-refractivity contribution in [3.63, 3.8) is 0 Å². The summed E-state index contributed by atoms with van der Waals surface area (Å²) in [5, 5.41) is 13.6. The van der Waals surface area contributed by atoms with Gasteiger partial charge >= 0.3 is 0 Å². The fourth-order valence-corrected chi connectivity index (χ4v) is 2.10. The molecule has 0 atom stereocenters. The smallest absolute Gasteiger partial charge is 0.276 e. The van der Waals surface area contributed by atoms with Crippen LogP contribution < -0.4 is 10.6 Å². The van der Waals surface area contributed by atoms with E-state index in [1.807, 2.05) is 30.3 Å². The van der Waals surface area contributed by atoms with Gasteiger partial charge in [-0.3, -0.25) is 4.79 Å². The molecule has 24 heavy (non-hydrogen) atoms. The molecular weight excluding hydrogens is 307 g/mol. The highest BCUT2D eigenvalue weighted by molar-refractivity contribution is 6.02. The zero-order valence-electron chi connectivity index (χ0n) is 12.7. The quantitative estimate of drug-likeness (QED) is 0.755. The average Bonchev–Trinajstić information content (AvgIpc) is 2.61. The van der Waals surface area contributed by atoms with Gasteiger partial charge in [-0.05, 0) is 35.9 Å². The highest BCUT2D eigenvalue weighted by atomic mass is 19.1. The lowest BCUT2D eigenvalue weighted by Crippen LogP contribution is -2.15. The zero-order valence-corrected chi connectivity index (χ0v) is 12.7. The van der Waals surface area contributed by atoms with Gasteiger partial charge in [-0.1, -0.05) is 36.4 Å². The number of aromatic nitrogens is 2. The number of benzene rings is 2. The lowest BCUT2D eigenvalue weighted by atomic mass is 10.2. The third kappa shape index (κ3) is 4.13. The van der Waals surface area contributed by atoms with Crippen LogP contribution in [0.15, 0.2) is 66.7 Å². The van der Waals surface area contributed by atoms with Gasteiger partial charge in [0.2, 0.25) is 0 Å². The minimum Gasteiger partial charge on any atom is -0.365 e. The summed E-state index contributed by atoms with van der Waals surface area (Å²) in [7, 11) is 0. The molecule has 3 aromatic rings. The predicted octanol–water partition coefficient (Wildman–Crippen LogP) is 3.48. The van der Waals surface area contributed by atoms with E-state index in [0.29, 0.717) is 18.1 Å². The van der Waals surface area contributed by atoms with E-state index in [1.54, 1.807) is 18.2 Å². The zero-order chi connectivity index (χ0) is 16.8. The van der Waals surface area contributed by atoms with E-state index in [0.717, 1.165) is 5.56 Å². The summed E-state index contributed by atoms with van der Waals surface area (Å²) in [5.41, 5.74) is 1.64. The van der Waals surface area contributed by atoms with Crippen molar-refractivity contribution >= 4 is 17.4 Å². The fourth-order valence-electron chi connectivity index (χ4n) is 2.10. The summed E-state index contributed by atoms with van der Waals surface area (Å²) in [6.45, 7) is 0.615. The van der Waals surface area contributed by atoms with Crippen molar-refractivity contribution in [3.05, 3.63) is 83.8 Å². The van der Waals surface area contributed by atoms with Gasteiger partial charge in [0.25, 0.3) is 5.91 Å². The van der Waals surface area contributed by atoms with E-state index in [2.05, 4.69) is 20.8 Å². The number of hydrogen-bond acceptors (Lipinski definition) is 4. The summed E-state index contributed by atoms with van der Waals surface area (Å²) >= 11 is 0. The third-order valence-corrected chi connectivity index (χ3v) is 3.30. The Kier molecular flexibility index (Phi) is 4.76. The summed E-state index contributed by atoms with van der Waals surface area (Å²) in [6.07, 6.45) is 0. The Bertz CT molecular complexity index is 822. The monoisotopic (exact) mass is 322 g/mol. The lowest BCUT2D eigenvalue weighted by Gasteiger charge is -2.07. The van der Waals surface area contributed by atoms with Crippen LogP contribution in [0.3, 0.4) is 0 Å². The van der Waals surface area contributed by atoms with E-state index >= 15 is 0 Å². The van der Waals surface area contributed by atoms with E-state index in [1.165, 1.54) is 18.2 Å². The van der Waals surface area contributed by atoms with Crippen LogP contribution in [0.2, 0.25) is 0 Å². The molecule has 0 fully saturated rings. The summed E-state index contributed by atoms with van der Waals surface area (Å²) in [4.78, 5) is 12.1. The van der Waals surface area contributed by atoms with Gasteiger partial charge in [0.1, 0.15) is 11.6 Å². The molecule has 0 aliphatic carbocycles. The number of rotatable bonds is 5. The van der Waals surface area contributed by atoms with Gasteiger partial charge < -0.3 is 10.6 Å². The molecular formula is C18H15FN4O. The predicted molar refractivity (Wildman–Crippen MR) is 90.2 cm³/mol. The van der Waals surface area contributed by atoms with Crippen LogP contribution in [-0.2, 0) is 6.54 Å². The second-order valence-corrected chi connectivity index (χ2v) is 5.11. The van der Waals surface area contributed by atoms with Crippen LogP contribution in [-0.4, -0.2) is 16.1 Å². The molecule has 0 spiro atoms. The van der Waals surface area contributed by atoms with Crippen LogP contribution in [0, 0.1) is 5.82 Å². The highest BCUT2D eigenvalue weighted by Crippen LogP contribution is 2.11. The lowest BCUT2D eigenvalue weighted by molar-refractivity contribution is 0.102. The molecule has 5 nitrogen and oxygen atoms in total. The van der Waals surface area contributed by atoms with E-state index in [4.69, 9.17) is 0 Å². The van der Waals surface area contributed by atoms with E-state index < -0.39 is 11.7 Å². The number of carbonyl (C=O) groups excluding carboxylic acids is 1. The standard InChI is InChI=1S/C18H15FN4O/c19-14-7-4-8-15(11-14)21-18(24)16-9-10-17(23-22-16)20-12-13-5-2-1-3-6-13/h1-11H,12H2,(H,20,23)(H,21,24). The summed E-state index contributed by atoms with van der Waals surface area (Å²) in [5.74, 6) is -0.289. The minimum absolute atomic E-state index is 0.157. The first-order valence-corrected chi connectivity index (χ1v) is 7.39. The number of nitrogens with zero attached hydrogens (tertiary/aromatic N) is 2. The van der Waals surface area contributed by atoms with Crippen molar-refractivity contribution in [2.45, 2.75) is 6.54 Å². The highest BCUT2D eigenvalue weighted by Gasteiger charge is 2.09. The molecule has 0 aliphatic rings. The Morgan fingerprint density at radius 1 is 0.958 bits per heavy atom. The normalized spacial score (nSPS) is 10.2. The van der Waals surface area contributed by atoms with Gasteiger partial charge in [0, 0.05) is 12.2 Å². The number of hydrogen-bond donors (Lipinski definition) is 2. The maximum atomic E-state index is 13.1. The number of carbonyl (C=O) groups is 1. The van der Waals surface area contributed by atoms with E-state index in [-0.39, 0.29) is 5.69 Å². The number of nitrogens with one attached hydrogen (secondary N) is 2. The van der Waals surface area contributed by atoms with Crippen LogP contribution >= 0.6 is 0 Å². The maximum absolute atomic E-state index is 13.1. The van der Waals surface area contributed by atoms with Crippen molar-refractivity contribution in [2.75, 3.05) is 10.6 Å². The number of amides is 1. The molecule has 3 rings (SSSR count). The van der Waals surface area contributed by atoms with Gasteiger partial charge in [0.05, 0.1) is 0 Å². The number of anilines is 2. The van der Waals surface area contributed by atoms with Gasteiger partial charge in [-0.15, -0.1) is 10.2 Å². The second-order valence-electron chi connectivity index (χ2n) is 5.11. The molecule has 1 amide bonds. The van der Waals surface area contributed by atoms with Crippen molar-refractivity contribution in [1.82, 2.24) is 10.2 Å². The van der Waals surface area contributed by atoms with Crippen LogP contribution in [0.4, 0.5) is 15.9 Å². The van der Waals surface area contributed by atoms with Crippen LogP contribution in [0.5, 0.6) is 0 Å². The van der Waals surface area contributed by atoms with Crippen molar-refractivity contribution in [1.29, 1.82) is 0 Å². The van der Waals surface area contributed by atoms with Crippen molar-refractivity contribution in [2.24, 2.45) is 0 Å². The van der Waals surface area contributed by atoms with Gasteiger partial charge in [-0.25, -0.2) is 4.39 Å². The van der Waals surface area contributed by atoms with Crippen molar-refractivity contribution in [3.8, 4) is 0 Å². The molecule has 0 saturated carbocycles. The van der Waals surface area contributed by atoms with Crippen molar-refractivity contribution < 1.29 is 9.18 Å². The van der Waals surface area contributed by atoms with Gasteiger partial charge in [-0.2, -0.15) is 0 Å². The molecule has 0 saturated heterocycles. The molecule has 6 heteroatoms.